The summed E-state index contributed by atoms with van der Waals surface area (Å²) in [4.78, 5) is 11.4. The molecule has 0 heterocycles. The van der Waals surface area contributed by atoms with Crippen LogP contribution in [0.15, 0.2) is 22.7 Å². The summed E-state index contributed by atoms with van der Waals surface area (Å²) in [5, 5.41) is 9.26. The van der Waals surface area contributed by atoms with Crippen molar-refractivity contribution in [3.63, 3.8) is 0 Å². The van der Waals surface area contributed by atoms with Gasteiger partial charge in [0.2, 0.25) is 0 Å². The van der Waals surface area contributed by atoms with Crippen molar-refractivity contribution < 1.29 is 14.3 Å². The number of hydrogen-bond acceptors (Lipinski definition) is 2. The number of benzene rings is 1. The summed E-state index contributed by atoms with van der Waals surface area (Å²) < 4.78 is 13.6. The molecule has 0 aliphatic carbocycles. The van der Waals surface area contributed by atoms with E-state index in [1.807, 2.05) is 0 Å². The summed E-state index contributed by atoms with van der Waals surface area (Å²) in [6.07, 6.45) is -0.844. The fourth-order valence-corrected chi connectivity index (χ4v) is 1.43. The third-order valence-electron chi connectivity index (χ3n) is 1.91. The summed E-state index contributed by atoms with van der Waals surface area (Å²) in [5.74, 6) is -1.20. The Bertz CT molecular complexity index is 352. The van der Waals surface area contributed by atoms with Crippen LogP contribution in [-0.2, 0) is 0 Å². The van der Waals surface area contributed by atoms with Crippen LogP contribution in [0, 0.1) is 5.82 Å². The van der Waals surface area contributed by atoms with Gasteiger partial charge >= 0.3 is 0 Å². The number of carbonyl (C=O) groups is 1. The summed E-state index contributed by atoms with van der Waals surface area (Å²) in [6.45, 7) is 1.67. The predicted molar refractivity (Wildman–Crippen MR) is 54.7 cm³/mol. The molecule has 1 aromatic rings. The molecule has 4 heteroatoms. The highest BCUT2D eigenvalue weighted by molar-refractivity contribution is 9.10. The Labute approximate surface area is 89.9 Å². The summed E-state index contributed by atoms with van der Waals surface area (Å²) in [7, 11) is 0. The molecule has 0 saturated carbocycles. The van der Waals surface area contributed by atoms with Gasteiger partial charge in [-0.15, -0.1) is 0 Å². The van der Waals surface area contributed by atoms with Crippen molar-refractivity contribution in [2.24, 2.45) is 0 Å². The molecule has 0 radical (unpaired) electrons. The monoisotopic (exact) mass is 260 g/mol. The van der Waals surface area contributed by atoms with Crippen LogP contribution in [0.25, 0.3) is 0 Å². The zero-order valence-corrected chi connectivity index (χ0v) is 9.21. The average Bonchev–Trinajstić information content (AvgIpc) is 2.20. The van der Waals surface area contributed by atoms with Gasteiger partial charge < -0.3 is 5.11 Å². The first-order chi connectivity index (χ1) is 6.57. The van der Waals surface area contributed by atoms with Gasteiger partial charge in [0.1, 0.15) is 11.9 Å². The quantitative estimate of drug-likeness (QED) is 0.849. The third-order valence-corrected chi connectivity index (χ3v) is 2.52. The van der Waals surface area contributed by atoms with Gasteiger partial charge in [-0.05, 0) is 34.5 Å². The topological polar surface area (TPSA) is 37.3 Å². The van der Waals surface area contributed by atoms with Crippen molar-refractivity contribution in [3.05, 3.63) is 34.1 Å². The van der Waals surface area contributed by atoms with Gasteiger partial charge in [0.15, 0.2) is 5.78 Å². The van der Waals surface area contributed by atoms with Crippen LogP contribution in [0.2, 0.25) is 0 Å². The van der Waals surface area contributed by atoms with E-state index in [2.05, 4.69) is 15.9 Å². The standard InChI is InChI=1S/C10H10BrFO2/c1-2-8(13)10(14)6-4-3-5-7(11)9(6)12/h3-5,8,13H,2H2,1H3. The van der Waals surface area contributed by atoms with Crippen molar-refractivity contribution in [1.29, 1.82) is 0 Å². The molecule has 1 unspecified atom stereocenters. The van der Waals surface area contributed by atoms with E-state index in [0.29, 0.717) is 0 Å². The molecule has 0 bridgehead atoms. The molecule has 0 aliphatic rings. The maximum Gasteiger partial charge on any atom is 0.194 e. The van der Waals surface area contributed by atoms with Crippen LogP contribution in [0.5, 0.6) is 0 Å². The molecule has 0 aromatic heterocycles. The number of ketones is 1. The van der Waals surface area contributed by atoms with E-state index in [9.17, 15) is 14.3 Å². The maximum absolute atomic E-state index is 13.4. The highest BCUT2D eigenvalue weighted by Gasteiger charge is 2.19. The van der Waals surface area contributed by atoms with Crippen LogP contribution in [-0.4, -0.2) is 17.0 Å². The fourth-order valence-electron chi connectivity index (χ4n) is 1.06. The first kappa shape index (κ1) is 11.3. The van der Waals surface area contributed by atoms with Crippen LogP contribution in [0.4, 0.5) is 4.39 Å². The molecule has 1 N–H and O–H groups in total. The lowest BCUT2D eigenvalue weighted by molar-refractivity contribution is 0.0736. The van der Waals surface area contributed by atoms with Crippen molar-refractivity contribution in [1.82, 2.24) is 0 Å². The largest absolute Gasteiger partial charge is 0.385 e. The van der Waals surface area contributed by atoms with E-state index in [0.717, 1.165) is 0 Å². The Morgan fingerprint density at radius 1 is 1.64 bits per heavy atom. The molecule has 0 amide bonds. The Morgan fingerprint density at radius 3 is 2.86 bits per heavy atom. The zero-order chi connectivity index (χ0) is 10.7. The van der Waals surface area contributed by atoms with Gasteiger partial charge in [0, 0.05) is 0 Å². The molecule has 1 aromatic carbocycles. The number of Topliss-reactive ketones (excluding diaryl/α,β-unsaturated/α-hetero) is 1. The second-order valence-corrected chi connectivity index (χ2v) is 3.74. The lowest BCUT2D eigenvalue weighted by Crippen LogP contribution is -2.20. The number of hydrogen-bond donors (Lipinski definition) is 1. The van der Waals surface area contributed by atoms with Crippen LogP contribution in [0.3, 0.4) is 0 Å². The highest BCUT2D eigenvalue weighted by atomic mass is 79.9. The van der Waals surface area contributed by atoms with Crippen LogP contribution in [0.1, 0.15) is 23.7 Å². The van der Waals surface area contributed by atoms with Gasteiger partial charge in [0.25, 0.3) is 0 Å². The first-order valence-corrected chi connectivity index (χ1v) is 5.03. The normalized spacial score (nSPS) is 12.6. The lowest BCUT2D eigenvalue weighted by Gasteiger charge is -2.07. The molecular formula is C10H10BrFO2. The fraction of sp³-hybridized carbons (Fsp3) is 0.300. The first-order valence-electron chi connectivity index (χ1n) is 4.24. The van der Waals surface area contributed by atoms with Gasteiger partial charge in [-0.2, -0.15) is 0 Å². The van der Waals surface area contributed by atoms with E-state index in [4.69, 9.17) is 0 Å². The minimum absolute atomic E-state index is 0.0753. The Morgan fingerprint density at radius 2 is 2.29 bits per heavy atom. The van der Waals surface area contributed by atoms with Gasteiger partial charge in [-0.25, -0.2) is 4.39 Å². The molecule has 1 atom stereocenters. The lowest BCUT2D eigenvalue weighted by atomic mass is 10.0. The number of aliphatic hydroxyl groups excluding tert-OH is 1. The van der Waals surface area contributed by atoms with E-state index < -0.39 is 17.7 Å². The van der Waals surface area contributed by atoms with E-state index in [1.165, 1.54) is 12.1 Å². The van der Waals surface area contributed by atoms with Crippen molar-refractivity contribution in [3.8, 4) is 0 Å². The van der Waals surface area contributed by atoms with E-state index in [1.54, 1.807) is 13.0 Å². The van der Waals surface area contributed by atoms with E-state index >= 15 is 0 Å². The van der Waals surface area contributed by atoms with Crippen molar-refractivity contribution in [2.45, 2.75) is 19.4 Å². The Balaban J connectivity index is 3.07. The molecular weight excluding hydrogens is 251 g/mol. The van der Waals surface area contributed by atoms with Crippen LogP contribution < -0.4 is 0 Å². The van der Waals surface area contributed by atoms with Gasteiger partial charge in [-0.1, -0.05) is 13.0 Å². The Hall–Kier alpha value is -0.740. The minimum Gasteiger partial charge on any atom is -0.385 e. The maximum atomic E-state index is 13.4. The van der Waals surface area contributed by atoms with Gasteiger partial charge in [0.05, 0.1) is 10.0 Å². The highest BCUT2D eigenvalue weighted by Crippen LogP contribution is 2.20. The number of carbonyl (C=O) groups excluding carboxylic acids is 1. The average molecular weight is 261 g/mol. The van der Waals surface area contributed by atoms with E-state index in [-0.39, 0.29) is 16.5 Å². The minimum atomic E-state index is -1.13. The SMILES string of the molecule is CCC(O)C(=O)c1cccc(Br)c1F. The molecule has 14 heavy (non-hydrogen) atoms. The molecule has 2 nitrogen and oxygen atoms in total. The molecule has 0 aliphatic heterocycles. The van der Waals surface area contributed by atoms with Gasteiger partial charge in [-0.3, -0.25) is 4.79 Å². The van der Waals surface area contributed by atoms with Crippen molar-refractivity contribution >= 4 is 21.7 Å². The number of halogens is 2. The Kier molecular flexibility index (Phi) is 3.77. The second-order valence-electron chi connectivity index (χ2n) is 2.89. The molecule has 0 spiro atoms. The summed E-state index contributed by atoms with van der Waals surface area (Å²) >= 11 is 2.98. The summed E-state index contributed by atoms with van der Waals surface area (Å²) in [5.41, 5.74) is -0.0753. The van der Waals surface area contributed by atoms with Crippen molar-refractivity contribution in [2.75, 3.05) is 0 Å². The molecule has 0 fully saturated rings. The molecule has 1 rings (SSSR count). The third kappa shape index (κ3) is 2.19. The smallest absolute Gasteiger partial charge is 0.194 e. The predicted octanol–water partition coefficient (Wildman–Crippen LogP) is 2.54. The number of rotatable bonds is 3. The number of aliphatic hydroxyl groups is 1. The van der Waals surface area contributed by atoms with Crippen LogP contribution >= 0.6 is 15.9 Å². The zero-order valence-electron chi connectivity index (χ0n) is 7.63. The second kappa shape index (κ2) is 4.66. The molecule has 76 valence electrons. The molecule has 0 saturated heterocycles. The summed E-state index contributed by atoms with van der Waals surface area (Å²) in [6, 6.07) is 4.43.